The number of nitrogens with one attached hydrogen (secondary N) is 1. The van der Waals surface area contributed by atoms with Crippen molar-refractivity contribution in [2.45, 2.75) is 17.7 Å². The summed E-state index contributed by atoms with van der Waals surface area (Å²) in [6.45, 7) is 1.53. The number of likely N-dealkylation sites (tertiary alicyclic amines) is 1. The first-order valence-electron chi connectivity index (χ1n) is 8.56. The van der Waals surface area contributed by atoms with E-state index in [1.165, 1.54) is 12.1 Å². The average Bonchev–Trinajstić information content (AvgIpc) is 3.16. The van der Waals surface area contributed by atoms with E-state index in [0.717, 1.165) is 31.6 Å². The summed E-state index contributed by atoms with van der Waals surface area (Å²) in [6, 6.07) is 13.2. The van der Waals surface area contributed by atoms with Crippen LogP contribution < -0.4 is 9.62 Å². The quantitative estimate of drug-likeness (QED) is 0.875. The second kappa shape index (κ2) is 7.37. The van der Waals surface area contributed by atoms with Gasteiger partial charge < -0.3 is 9.80 Å². The number of nitrogens with zero attached hydrogens (tertiary/aromatic N) is 2. The molecule has 2 aromatic rings. The lowest BCUT2D eigenvalue weighted by atomic mass is 10.2. The number of rotatable bonds is 5. The highest BCUT2D eigenvalue weighted by Crippen LogP contribution is 2.20. The van der Waals surface area contributed by atoms with E-state index in [-0.39, 0.29) is 10.8 Å². The highest BCUT2D eigenvalue weighted by molar-refractivity contribution is 7.92. The Bertz CT molecular complexity index is 869. The number of hydrogen-bond acceptors (Lipinski definition) is 4. The van der Waals surface area contributed by atoms with Crippen LogP contribution in [0.4, 0.5) is 11.4 Å². The van der Waals surface area contributed by atoms with Crippen LogP contribution in [0.2, 0.25) is 0 Å². The maximum Gasteiger partial charge on any atom is 0.261 e. The third-order valence-electron chi connectivity index (χ3n) is 4.44. The Hall–Kier alpha value is -2.54. The molecule has 138 valence electrons. The van der Waals surface area contributed by atoms with Crippen molar-refractivity contribution in [3.05, 3.63) is 54.1 Å². The molecule has 0 radical (unpaired) electrons. The first kappa shape index (κ1) is 18.3. The highest BCUT2D eigenvalue weighted by atomic mass is 32.2. The molecule has 1 fully saturated rings. The summed E-state index contributed by atoms with van der Waals surface area (Å²) >= 11 is 0. The van der Waals surface area contributed by atoms with E-state index in [9.17, 15) is 13.2 Å². The molecule has 3 rings (SSSR count). The second-order valence-electron chi connectivity index (χ2n) is 6.57. The average molecular weight is 373 g/mol. The van der Waals surface area contributed by atoms with Gasteiger partial charge in [0.2, 0.25) is 0 Å². The Kier molecular flexibility index (Phi) is 5.18. The minimum atomic E-state index is -3.70. The number of amides is 1. The van der Waals surface area contributed by atoms with Gasteiger partial charge in [0.1, 0.15) is 0 Å². The Morgan fingerprint density at radius 1 is 0.962 bits per heavy atom. The zero-order chi connectivity index (χ0) is 18.7. The van der Waals surface area contributed by atoms with Gasteiger partial charge in [-0.25, -0.2) is 8.42 Å². The van der Waals surface area contributed by atoms with E-state index in [1.807, 2.05) is 31.1 Å². The lowest BCUT2D eigenvalue weighted by Gasteiger charge is -2.15. The van der Waals surface area contributed by atoms with Crippen LogP contribution in [0, 0.1) is 0 Å². The smallest absolute Gasteiger partial charge is 0.261 e. The van der Waals surface area contributed by atoms with Crippen molar-refractivity contribution in [3.63, 3.8) is 0 Å². The monoisotopic (exact) mass is 373 g/mol. The molecule has 1 aliphatic rings. The molecule has 0 saturated carbocycles. The van der Waals surface area contributed by atoms with Crippen molar-refractivity contribution < 1.29 is 13.2 Å². The van der Waals surface area contributed by atoms with Gasteiger partial charge in [-0.3, -0.25) is 9.52 Å². The molecule has 0 bridgehead atoms. The zero-order valence-corrected chi connectivity index (χ0v) is 15.8. The van der Waals surface area contributed by atoms with Crippen LogP contribution in [0.3, 0.4) is 0 Å². The van der Waals surface area contributed by atoms with Crippen LogP contribution in [-0.4, -0.2) is 46.4 Å². The van der Waals surface area contributed by atoms with Crippen LogP contribution in [-0.2, 0) is 10.0 Å². The summed E-state index contributed by atoms with van der Waals surface area (Å²) < 4.78 is 27.6. The third-order valence-corrected chi connectivity index (χ3v) is 5.84. The molecule has 6 nitrogen and oxygen atoms in total. The normalized spacial score (nSPS) is 14.3. The standard InChI is InChI=1S/C19H23N3O3S/c1-21(2)17-9-7-16(8-10-17)20-26(24,25)18-11-5-15(6-12-18)19(23)22-13-3-4-14-22/h5-12,20H,3-4,13-14H2,1-2H3. The Balaban J connectivity index is 1.73. The van der Waals surface area contributed by atoms with Crippen LogP contribution >= 0.6 is 0 Å². The molecular formula is C19H23N3O3S. The fourth-order valence-electron chi connectivity index (χ4n) is 2.92. The molecule has 1 saturated heterocycles. The molecule has 1 heterocycles. The van der Waals surface area contributed by atoms with Gasteiger partial charge in [0, 0.05) is 44.1 Å². The van der Waals surface area contributed by atoms with Gasteiger partial charge in [0.25, 0.3) is 15.9 Å². The van der Waals surface area contributed by atoms with E-state index in [2.05, 4.69) is 4.72 Å². The predicted molar refractivity (Wildman–Crippen MR) is 103 cm³/mol. The van der Waals surface area contributed by atoms with Crippen molar-refractivity contribution in [3.8, 4) is 0 Å². The van der Waals surface area contributed by atoms with Crippen molar-refractivity contribution in [2.75, 3.05) is 36.8 Å². The molecular weight excluding hydrogens is 350 g/mol. The highest BCUT2D eigenvalue weighted by Gasteiger charge is 2.20. The Morgan fingerprint density at radius 2 is 1.54 bits per heavy atom. The van der Waals surface area contributed by atoms with Gasteiger partial charge in [-0.1, -0.05) is 0 Å². The Labute approximate surface area is 154 Å². The summed E-state index contributed by atoms with van der Waals surface area (Å²) in [4.78, 5) is 16.2. The van der Waals surface area contributed by atoms with Crippen molar-refractivity contribution >= 4 is 27.3 Å². The molecule has 0 aromatic heterocycles. The summed E-state index contributed by atoms with van der Waals surface area (Å²) in [6.07, 6.45) is 2.05. The number of sulfonamides is 1. The minimum Gasteiger partial charge on any atom is -0.378 e. The molecule has 1 N–H and O–H groups in total. The zero-order valence-electron chi connectivity index (χ0n) is 15.0. The third kappa shape index (κ3) is 3.99. The van der Waals surface area contributed by atoms with Crippen LogP contribution in [0.25, 0.3) is 0 Å². The number of carbonyl (C=O) groups is 1. The Morgan fingerprint density at radius 3 is 2.08 bits per heavy atom. The second-order valence-corrected chi connectivity index (χ2v) is 8.25. The van der Waals surface area contributed by atoms with Gasteiger partial charge in [0.05, 0.1) is 4.90 Å². The summed E-state index contributed by atoms with van der Waals surface area (Å²) in [5.74, 6) is -0.0429. The maximum absolute atomic E-state index is 12.5. The predicted octanol–water partition coefficient (Wildman–Crippen LogP) is 2.79. The van der Waals surface area contributed by atoms with Crippen molar-refractivity contribution in [1.82, 2.24) is 4.90 Å². The molecule has 0 aliphatic carbocycles. The molecule has 1 aliphatic heterocycles. The molecule has 1 amide bonds. The summed E-state index contributed by atoms with van der Waals surface area (Å²) in [7, 11) is 0.145. The molecule has 7 heteroatoms. The number of anilines is 2. The van der Waals surface area contributed by atoms with Gasteiger partial charge in [-0.15, -0.1) is 0 Å². The fraction of sp³-hybridized carbons (Fsp3) is 0.316. The fourth-order valence-corrected chi connectivity index (χ4v) is 3.98. The lowest BCUT2D eigenvalue weighted by Crippen LogP contribution is -2.27. The molecule has 0 spiro atoms. The van der Waals surface area contributed by atoms with E-state index in [4.69, 9.17) is 0 Å². The minimum absolute atomic E-state index is 0.0429. The lowest BCUT2D eigenvalue weighted by molar-refractivity contribution is 0.0792. The van der Waals surface area contributed by atoms with Crippen LogP contribution in [0.1, 0.15) is 23.2 Å². The molecule has 0 unspecified atom stereocenters. The first-order valence-corrected chi connectivity index (χ1v) is 10.0. The van der Waals surface area contributed by atoms with Crippen LogP contribution in [0.15, 0.2) is 53.4 Å². The number of benzene rings is 2. The van der Waals surface area contributed by atoms with Gasteiger partial charge in [-0.2, -0.15) is 0 Å². The summed E-state index contributed by atoms with van der Waals surface area (Å²) in [5.41, 5.74) is 1.99. The van der Waals surface area contributed by atoms with E-state index in [0.29, 0.717) is 11.3 Å². The molecule has 2 aromatic carbocycles. The molecule has 26 heavy (non-hydrogen) atoms. The van der Waals surface area contributed by atoms with Crippen LogP contribution in [0.5, 0.6) is 0 Å². The van der Waals surface area contributed by atoms with Gasteiger partial charge in [0.15, 0.2) is 0 Å². The van der Waals surface area contributed by atoms with Gasteiger partial charge >= 0.3 is 0 Å². The first-order chi connectivity index (χ1) is 12.4. The molecule has 0 atom stereocenters. The number of carbonyl (C=O) groups excluding carboxylic acids is 1. The van der Waals surface area contributed by atoms with E-state index < -0.39 is 10.0 Å². The van der Waals surface area contributed by atoms with Crippen molar-refractivity contribution in [2.24, 2.45) is 0 Å². The largest absolute Gasteiger partial charge is 0.378 e. The van der Waals surface area contributed by atoms with E-state index >= 15 is 0 Å². The number of hydrogen-bond donors (Lipinski definition) is 1. The maximum atomic E-state index is 12.5. The summed E-state index contributed by atoms with van der Waals surface area (Å²) in [5, 5.41) is 0. The SMILES string of the molecule is CN(C)c1ccc(NS(=O)(=O)c2ccc(C(=O)N3CCCC3)cc2)cc1. The van der Waals surface area contributed by atoms with Crippen molar-refractivity contribution in [1.29, 1.82) is 0 Å². The van der Waals surface area contributed by atoms with E-state index in [1.54, 1.807) is 29.2 Å². The van der Waals surface area contributed by atoms with Gasteiger partial charge in [-0.05, 0) is 61.4 Å². The topological polar surface area (TPSA) is 69.7 Å².